The van der Waals surface area contributed by atoms with Gasteiger partial charge in [-0.3, -0.25) is 4.98 Å². The number of pyridine rings is 1. The second-order valence-electron chi connectivity index (χ2n) is 4.18. The molecule has 0 fully saturated rings. The zero-order valence-electron chi connectivity index (χ0n) is 10.6. The Morgan fingerprint density at radius 2 is 2.00 bits per heavy atom. The summed E-state index contributed by atoms with van der Waals surface area (Å²) in [5, 5.41) is 0. The quantitative estimate of drug-likeness (QED) is 0.895. The molecule has 2 N–H and O–H groups in total. The smallest absolute Gasteiger partial charge is 0.145 e. The molecule has 2 rings (SSSR count). The molecule has 0 saturated heterocycles. The average Bonchev–Trinajstić information content (AvgIpc) is 2.40. The molecular weight excluding hydrogens is 226 g/mol. The lowest BCUT2D eigenvalue weighted by Gasteiger charge is -2.13. The summed E-state index contributed by atoms with van der Waals surface area (Å²) in [4.78, 5) is 6.22. The van der Waals surface area contributed by atoms with Crippen LogP contribution in [0.4, 0.5) is 5.69 Å². The largest absolute Gasteiger partial charge is 0.456 e. The Morgan fingerprint density at radius 1 is 1.17 bits per heavy atom. The predicted molar refractivity (Wildman–Crippen MR) is 73.0 cm³/mol. The van der Waals surface area contributed by atoms with Crippen molar-refractivity contribution in [2.75, 3.05) is 19.0 Å². The highest BCUT2D eigenvalue weighted by atomic mass is 16.5. The molecular formula is C14H17N3O. The summed E-state index contributed by atoms with van der Waals surface area (Å²) < 4.78 is 5.74. The Morgan fingerprint density at radius 3 is 2.61 bits per heavy atom. The van der Waals surface area contributed by atoms with Gasteiger partial charge in [0.25, 0.3) is 0 Å². The summed E-state index contributed by atoms with van der Waals surface area (Å²) in [7, 11) is 3.99. The van der Waals surface area contributed by atoms with Gasteiger partial charge in [-0.25, -0.2) is 0 Å². The van der Waals surface area contributed by atoms with Crippen molar-refractivity contribution in [3.05, 3.63) is 48.3 Å². The number of hydrogen-bond acceptors (Lipinski definition) is 4. The summed E-state index contributed by atoms with van der Waals surface area (Å²) in [6.45, 7) is 0.441. The van der Waals surface area contributed by atoms with Crippen molar-refractivity contribution in [2.24, 2.45) is 5.73 Å². The van der Waals surface area contributed by atoms with Crippen LogP contribution in [0.2, 0.25) is 0 Å². The van der Waals surface area contributed by atoms with E-state index in [2.05, 4.69) is 4.98 Å². The molecule has 0 unspecified atom stereocenters. The molecule has 0 spiro atoms. The van der Waals surface area contributed by atoms with Crippen LogP contribution in [0.1, 0.15) is 5.69 Å². The van der Waals surface area contributed by atoms with Crippen LogP contribution < -0.4 is 15.4 Å². The van der Waals surface area contributed by atoms with Gasteiger partial charge >= 0.3 is 0 Å². The van der Waals surface area contributed by atoms with Crippen molar-refractivity contribution in [2.45, 2.75) is 6.54 Å². The number of aromatic nitrogens is 1. The first-order chi connectivity index (χ1) is 8.69. The van der Waals surface area contributed by atoms with Gasteiger partial charge in [0, 0.05) is 32.4 Å². The second-order valence-corrected chi connectivity index (χ2v) is 4.18. The highest BCUT2D eigenvalue weighted by Gasteiger charge is 2.01. The van der Waals surface area contributed by atoms with Crippen LogP contribution in [0, 0.1) is 0 Å². The lowest BCUT2D eigenvalue weighted by atomic mass is 10.3. The molecule has 1 aromatic carbocycles. The van der Waals surface area contributed by atoms with Crippen molar-refractivity contribution in [1.29, 1.82) is 0 Å². The number of ether oxygens (including phenoxy) is 1. The van der Waals surface area contributed by atoms with Crippen LogP contribution in [-0.4, -0.2) is 19.1 Å². The minimum absolute atomic E-state index is 0.441. The van der Waals surface area contributed by atoms with Gasteiger partial charge in [-0.2, -0.15) is 0 Å². The molecule has 4 nitrogen and oxygen atoms in total. The molecule has 0 atom stereocenters. The predicted octanol–water partition coefficient (Wildman–Crippen LogP) is 2.40. The van der Waals surface area contributed by atoms with Gasteiger partial charge in [0.05, 0.1) is 11.9 Å². The van der Waals surface area contributed by atoms with E-state index in [9.17, 15) is 0 Å². The van der Waals surface area contributed by atoms with Crippen molar-refractivity contribution in [3.63, 3.8) is 0 Å². The maximum absolute atomic E-state index is 5.74. The standard InChI is InChI=1S/C14H17N3O/c1-17(2)12-4-3-5-13(8-12)18-14-7-6-11(9-15)16-10-14/h3-8,10H,9,15H2,1-2H3. The van der Waals surface area contributed by atoms with Crippen LogP contribution in [0.5, 0.6) is 11.5 Å². The van der Waals surface area contributed by atoms with Crippen LogP contribution >= 0.6 is 0 Å². The van der Waals surface area contributed by atoms with E-state index in [0.717, 1.165) is 17.1 Å². The first-order valence-corrected chi connectivity index (χ1v) is 5.79. The second kappa shape index (κ2) is 5.51. The van der Waals surface area contributed by atoms with Gasteiger partial charge in [-0.1, -0.05) is 6.07 Å². The molecule has 0 aliphatic heterocycles. The summed E-state index contributed by atoms with van der Waals surface area (Å²) >= 11 is 0. The first kappa shape index (κ1) is 12.4. The Labute approximate surface area is 107 Å². The number of rotatable bonds is 4. The molecule has 1 heterocycles. The van der Waals surface area contributed by atoms with E-state index in [1.807, 2.05) is 55.4 Å². The maximum atomic E-state index is 5.74. The van der Waals surface area contributed by atoms with Crippen LogP contribution in [-0.2, 0) is 6.54 Å². The molecule has 0 amide bonds. The first-order valence-electron chi connectivity index (χ1n) is 5.79. The topological polar surface area (TPSA) is 51.4 Å². The molecule has 4 heteroatoms. The molecule has 1 aromatic heterocycles. The molecule has 0 aliphatic carbocycles. The van der Waals surface area contributed by atoms with E-state index in [1.54, 1.807) is 6.20 Å². The van der Waals surface area contributed by atoms with Gasteiger partial charge in [0.2, 0.25) is 0 Å². The Bertz CT molecular complexity index is 509. The van der Waals surface area contributed by atoms with Crippen molar-refractivity contribution in [3.8, 4) is 11.5 Å². The number of nitrogens with zero attached hydrogens (tertiary/aromatic N) is 2. The monoisotopic (exact) mass is 243 g/mol. The third kappa shape index (κ3) is 2.99. The van der Waals surface area contributed by atoms with E-state index >= 15 is 0 Å². The zero-order valence-corrected chi connectivity index (χ0v) is 10.6. The van der Waals surface area contributed by atoms with Crippen molar-refractivity contribution in [1.82, 2.24) is 4.98 Å². The Balaban J connectivity index is 2.15. The van der Waals surface area contributed by atoms with Crippen LogP contribution in [0.3, 0.4) is 0 Å². The number of benzene rings is 1. The fourth-order valence-corrected chi connectivity index (χ4v) is 1.55. The zero-order chi connectivity index (χ0) is 13.0. The summed E-state index contributed by atoms with van der Waals surface area (Å²) in [5.41, 5.74) is 7.44. The van der Waals surface area contributed by atoms with E-state index in [0.29, 0.717) is 12.3 Å². The van der Waals surface area contributed by atoms with Gasteiger partial charge in [0.15, 0.2) is 0 Å². The summed E-state index contributed by atoms with van der Waals surface area (Å²) in [6, 6.07) is 11.6. The number of nitrogens with two attached hydrogens (primary N) is 1. The van der Waals surface area contributed by atoms with E-state index < -0.39 is 0 Å². The molecule has 94 valence electrons. The lowest BCUT2D eigenvalue weighted by Crippen LogP contribution is -2.08. The highest BCUT2D eigenvalue weighted by Crippen LogP contribution is 2.24. The minimum Gasteiger partial charge on any atom is -0.456 e. The van der Waals surface area contributed by atoms with Crippen LogP contribution in [0.25, 0.3) is 0 Å². The number of anilines is 1. The molecule has 0 aliphatic rings. The van der Waals surface area contributed by atoms with E-state index in [1.165, 1.54) is 0 Å². The fraction of sp³-hybridized carbons (Fsp3) is 0.214. The van der Waals surface area contributed by atoms with Gasteiger partial charge in [-0.05, 0) is 24.3 Å². The highest BCUT2D eigenvalue weighted by molar-refractivity contribution is 5.50. The molecule has 0 saturated carbocycles. The average molecular weight is 243 g/mol. The molecule has 0 radical (unpaired) electrons. The molecule has 0 bridgehead atoms. The lowest BCUT2D eigenvalue weighted by molar-refractivity contribution is 0.480. The van der Waals surface area contributed by atoms with Gasteiger partial charge in [-0.15, -0.1) is 0 Å². The Kier molecular flexibility index (Phi) is 3.79. The normalized spacial score (nSPS) is 10.2. The third-order valence-electron chi connectivity index (χ3n) is 2.58. The fourth-order valence-electron chi connectivity index (χ4n) is 1.55. The van der Waals surface area contributed by atoms with Crippen molar-refractivity contribution < 1.29 is 4.74 Å². The third-order valence-corrected chi connectivity index (χ3v) is 2.58. The Hall–Kier alpha value is -2.07. The van der Waals surface area contributed by atoms with E-state index in [4.69, 9.17) is 10.5 Å². The summed E-state index contributed by atoms with van der Waals surface area (Å²) in [6.07, 6.45) is 1.69. The summed E-state index contributed by atoms with van der Waals surface area (Å²) in [5.74, 6) is 1.51. The minimum atomic E-state index is 0.441. The van der Waals surface area contributed by atoms with Crippen molar-refractivity contribution >= 4 is 5.69 Å². The van der Waals surface area contributed by atoms with E-state index in [-0.39, 0.29) is 0 Å². The van der Waals surface area contributed by atoms with Gasteiger partial charge in [0.1, 0.15) is 11.5 Å². The molecule has 2 aromatic rings. The van der Waals surface area contributed by atoms with Gasteiger partial charge < -0.3 is 15.4 Å². The molecule has 18 heavy (non-hydrogen) atoms. The number of hydrogen-bond donors (Lipinski definition) is 1. The van der Waals surface area contributed by atoms with Crippen LogP contribution in [0.15, 0.2) is 42.6 Å². The maximum Gasteiger partial charge on any atom is 0.145 e. The SMILES string of the molecule is CN(C)c1cccc(Oc2ccc(CN)nc2)c1.